The number of urea groups is 1. The Kier molecular flexibility index (Phi) is 5.37. The van der Waals surface area contributed by atoms with Gasteiger partial charge < -0.3 is 10.6 Å². The van der Waals surface area contributed by atoms with E-state index in [1.807, 2.05) is 29.6 Å². The first kappa shape index (κ1) is 13.5. The molecule has 0 fully saturated rings. The molecule has 2 rings (SSSR count). The summed E-state index contributed by atoms with van der Waals surface area (Å²) in [7, 11) is 0. The Morgan fingerprint density at radius 2 is 1.95 bits per heavy atom. The highest BCUT2D eigenvalue weighted by Gasteiger charge is 2.00. The lowest BCUT2D eigenvalue weighted by Gasteiger charge is -2.06. The summed E-state index contributed by atoms with van der Waals surface area (Å²) in [5.41, 5.74) is 0.987. The summed E-state index contributed by atoms with van der Waals surface area (Å²) >= 11 is 1.71. The Hall–Kier alpha value is -1.88. The normalized spacial score (nSPS) is 10.1. The van der Waals surface area contributed by atoms with E-state index in [0.29, 0.717) is 13.1 Å². The number of nitrogens with one attached hydrogen (secondary N) is 2. The Morgan fingerprint density at radius 3 is 2.63 bits per heavy atom. The van der Waals surface area contributed by atoms with Gasteiger partial charge in [-0.1, -0.05) is 12.1 Å². The fourth-order valence-electron chi connectivity index (χ4n) is 1.67. The second-order valence-corrected chi connectivity index (χ2v) is 5.12. The molecule has 100 valence electrons. The number of thiophene rings is 1. The maximum Gasteiger partial charge on any atom is 0.314 e. The van der Waals surface area contributed by atoms with Crippen LogP contribution in [0.1, 0.15) is 10.6 Å². The van der Waals surface area contributed by atoms with Gasteiger partial charge in [0.15, 0.2) is 0 Å². The summed E-state index contributed by atoms with van der Waals surface area (Å²) in [6.07, 6.45) is 3.39. The first-order chi connectivity index (χ1) is 9.34. The quantitative estimate of drug-likeness (QED) is 0.849. The van der Waals surface area contributed by atoms with Crippen molar-refractivity contribution in [2.45, 2.75) is 12.8 Å². The average molecular weight is 275 g/mol. The fraction of sp³-hybridized carbons (Fsp3) is 0.286. The predicted molar refractivity (Wildman–Crippen MR) is 77.4 cm³/mol. The standard InChI is InChI=1S/C14H17N3OS/c18-14(17-10-7-13-5-3-11-19-13)16-9-6-12-4-1-2-8-15-12/h1-5,8,11H,6-7,9-10H2,(H2,16,17,18). The van der Waals surface area contributed by atoms with Gasteiger partial charge in [-0.25, -0.2) is 4.79 Å². The van der Waals surface area contributed by atoms with Gasteiger partial charge in [0.2, 0.25) is 0 Å². The molecule has 2 amide bonds. The highest BCUT2D eigenvalue weighted by atomic mass is 32.1. The van der Waals surface area contributed by atoms with E-state index >= 15 is 0 Å². The Morgan fingerprint density at radius 1 is 1.11 bits per heavy atom. The van der Waals surface area contributed by atoms with E-state index in [1.165, 1.54) is 4.88 Å². The third-order valence-corrected chi connectivity index (χ3v) is 3.57. The number of nitrogens with zero attached hydrogens (tertiary/aromatic N) is 1. The number of carbonyl (C=O) groups is 1. The van der Waals surface area contributed by atoms with Crippen LogP contribution in [0.15, 0.2) is 41.9 Å². The van der Waals surface area contributed by atoms with Crippen molar-refractivity contribution in [3.05, 3.63) is 52.5 Å². The summed E-state index contributed by atoms with van der Waals surface area (Å²) in [5.74, 6) is 0. The van der Waals surface area contributed by atoms with Crippen LogP contribution in [0.5, 0.6) is 0 Å². The van der Waals surface area contributed by atoms with Gasteiger partial charge in [-0.05, 0) is 30.0 Å². The van der Waals surface area contributed by atoms with Crippen LogP contribution in [-0.4, -0.2) is 24.1 Å². The molecular weight excluding hydrogens is 258 g/mol. The van der Waals surface area contributed by atoms with Gasteiger partial charge in [0.1, 0.15) is 0 Å². The minimum atomic E-state index is -0.118. The third kappa shape index (κ3) is 5.09. The Labute approximate surface area is 116 Å². The number of hydrogen-bond donors (Lipinski definition) is 2. The van der Waals surface area contributed by atoms with Gasteiger partial charge in [0, 0.05) is 36.3 Å². The number of aromatic nitrogens is 1. The lowest BCUT2D eigenvalue weighted by Crippen LogP contribution is -2.37. The minimum Gasteiger partial charge on any atom is -0.338 e. The highest BCUT2D eigenvalue weighted by molar-refractivity contribution is 7.09. The number of carbonyl (C=O) groups excluding carboxylic acids is 1. The molecule has 2 N–H and O–H groups in total. The van der Waals surface area contributed by atoms with Crippen molar-refractivity contribution in [1.29, 1.82) is 0 Å². The Bertz CT molecular complexity index is 485. The molecule has 0 atom stereocenters. The lowest BCUT2D eigenvalue weighted by atomic mass is 10.3. The number of hydrogen-bond acceptors (Lipinski definition) is 3. The molecule has 0 aliphatic carbocycles. The topological polar surface area (TPSA) is 54.0 Å². The molecule has 4 nitrogen and oxygen atoms in total. The number of amides is 2. The van der Waals surface area contributed by atoms with Crippen LogP contribution in [0.4, 0.5) is 4.79 Å². The molecule has 0 radical (unpaired) electrons. The van der Waals surface area contributed by atoms with E-state index in [2.05, 4.69) is 21.7 Å². The molecule has 0 unspecified atom stereocenters. The monoisotopic (exact) mass is 275 g/mol. The van der Waals surface area contributed by atoms with Crippen LogP contribution in [0.25, 0.3) is 0 Å². The van der Waals surface area contributed by atoms with Crippen LogP contribution in [0.3, 0.4) is 0 Å². The second-order valence-electron chi connectivity index (χ2n) is 4.08. The third-order valence-electron chi connectivity index (χ3n) is 2.63. The maximum absolute atomic E-state index is 11.5. The number of rotatable bonds is 6. The van der Waals surface area contributed by atoms with Crippen LogP contribution < -0.4 is 10.6 Å². The summed E-state index contributed by atoms with van der Waals surface area (Å²) < 4.78 is 0. The molecule has 2 aromatic rings. The van der Waals surface area contributed by atoms with Crippen LogP contribution in [0, 0.1) is 0 Å². The van der Waals surface area contributed by atoms with Crippen molar-refractivity contribution in [2.24, 2.45) is 0 Å². The summed E-state index contributed by atoms with van der Waals surface area (Å²) in [6, 6.07) is 9.76. The number of pyridine rings is 1. The molecule has 0 spiro atoms. The summed E-state index contributed by atoms with van der Waals surface area (Å²) in [4.78, 5) is 17.0. The largest absolute Gasteiger partial charge is 0.338 e. The van der Waals surface area contributed by atoms with Gasteiger partial charge >= 0.3 is 6.03 Å². The minimum absolute atomic E-state index is 0.118. The first-order valence-electron chi connectivity index (χ1n) is 6.28. The molecule has 0 bridgehead atoms. The van der Waals surface area contributed by atoms with Crippen molar-refractivity contribution < 1.29 is 4.79 Å². The molecule has 0 aliphatic rings. The van der Waals surface area contributed by atoms with Crippen molar-refractivity contribution in [3.8, 4) is 0 Å². The van der Waals surface area contributed by atoms with E-state index < -0.39 is 0 Å². The molecule has 2 heterocycles. The van der Waals surface area contributed by atoms with E-state index in [9.17, 15) is 4.79 Å². The SMILES string of the molecule is O=C(NCCc1ccccn1)NCCc1cccs1. The Balaban J connectivity index is 1.57. The molecular formula is C14H17N3OS. The smallest absolute Gasteiger partial charge is 0.314 e. The summed E-state index contributed by atoms with van der Waals surface area (Å²) in [6.45, 7) is 1.26. The molecule has 19 heavy (non-hydrogen) atoms. The second kappa shape index (κ2) is 7.53. The predicted octanol–water partition coefficient (Wildman–Crippen LogP) is 2.23. The fourth-order valence-corrected chi connectivity index (χ4v) is 2.38. The highest BCUT2D eigenvalue weighted by Crippen LogP contribution is 2.07. The molecule has 0 saturated carbocycles. The van der Waals surface area contributed by atoms with E-state index in [-0.39, 0.29) is 6.03 Å². The zero-order chi connectivity index (χ0) is 13.3. The van der Waals surface area contributed by atoms with Crippen LogP contribution >= 0.6 is 11.3 Å². The molecule has 5 heteroatoms. The van der Waals surface area contributed by atoms with Crippen molar-refractivity contribution in [2.75, 3.05) is 13.1 Å². The zero-order valence-corrected chi connectivity index (χ0v) is 11.5. The van der Waals surface area contributed by atoms with Gasteiger partial charge in [-0.15, -0.1) is 11.3 Å². The van der Waals surface area contributed by atoms with Crippen molar-refractivity contribution >= 4 is 17.4 Å². The van der Waals surface area contributed by atoms with E-state index in [4.69, 9.17) is 0 Å². The zero-order valence-electron chi connectivity index (χ0n) is 10.6. The first-order valence-corrected chi connectivity index (χ1v) is 7.16. The summed E-state index contributed by atoms with van der Waals surface area (Å²) in [5, 5.41) is 7.71. The molecule has 0 aromatic carbocycles. The van der Waals surface area contributed by atoms with Crippen LogP contribution in [0.2, 0.25) is 0 Å². The molecule has 2 aromatic heterocycles. The van der Waals surface area contributed by atoms with E-state index in [1.54, 1.807) is 17.5 Å². The van der Waals surface area contributed by atoms with E-state index in [0.717, 1.165) is 18.5 Å². The van der Waals surface area contributed by atoms with Gasteiger partial charge in [0.05, 0.1) is 0 Å². The maximum atomic E-state index is 11.5. The molecule has 0 saturated heterocycles. The van der Waals surface area contributed by atoms with Crippen molar-refractivity contribution in [3.63, 3.8) is 0 Å². The lowest BCUT2D eigenvalue weighted by molar-refractivity contribution is 0.241. The average Bonchev–Trinajstić information content (AvgIpc) is 2.93. The van der Waals surface area contributed by atoms with Crippen molar-refractivity contribution in [1.82, 2.24) is 15.6 Å². The molecule has 0 aliphatic heterocycles. The van der Waals surface area contributed by atoms with Crippen LogP contribution in [-0.2, 0) is 12.8 Å². The van der Waals surface area contributed by atoms with Gasteiger partial charge in [-0.3, -0.25) is 4.98 Å². The van der Waals surface area contributed by atoms with Gasteiger partial charge in [-0.2, -0.15) is 0 Å². The van der Waals surface area contributed by atoms with Gasteiger partial charge in [0.25, 0.3) is 0 Å².